The van der Waals surface area contributed by atoms with Gasteiger partial charge in [-0.15, -0.1) is 0 Å². The molecule has 0 rings (SSSR count). The number of rotatable bonds is 4. The first-order valence-electron chi connectivity index (χ1n) is 5.68. The van der Waals surface area contributed by atoms with Gasteiger partial charge in [0.15, 0.2) is 0 Å². The van der Waals surface area contributed by atoms with Crippen LogP contribution in [0.4, 0.5) is 0 Å². The van der Waals surface area contributed by atoms with E-state index in [1.807, 2.05) is 6.92 Å². The fraction of sp³-hybridized carbons (Fsp3) is 0.750. The first-order valence-corrected chi connectivity index (χ1v) is 5.68. The highest BCUT2D eigenvalue weighted by molar-refractivity contribution is 5.87. The molecule has 0 unspecified atom stereocenters. The quantitative estimate of drug-likeness (QED) is 0.574. The van der Waals surface area contributed by atoms with Gasteiger partial charge in [-0.25, -0.2) is 4.79 Å². The summed E-state index contributed by atoms with van der Waals surface area (Å²) in [5.74, 6) is 4.15. The minimum Gasteiger partial charge on any atom is -0.370 e. The van der Waals surface area contributed by atoms with Crippen LogP contribution >= 0.6 is 0 Å². The molecule has 0 aliphatic carbocycles. The summed E-state index contributed by atoms with van der Waals surface area (Å²) in [5.41, 5.74) is 0.556. The predicted molar refractivity (Wildman–Crippen MR) is 67.7 cm³/mol. The Labute approximate surface area is 99.2 Å². The lowest BCUT2D eigenvalue weighted by molar-refractivity contribution is -0.139. The summed E-state index contributed by atoms with van der Waals surface area (Å²) < 4.78 is 0. The zero-order valence-electron chi connectivity index (χ0n) is 11.3. The molecule has 4 heteroatoms. The summed E-state index contributed by atoms with van der Waals surface area (Å²) in [6.07, 6.45) is 2.58. The predicted octanol–water partition coefficient (Wildman–Crippen LogP) is 2.15. The Kier molecular flexibility index (Phi) is 11.7. The van der Waals surface area contributed by atoms with Crippen LogP contribution in [0, 0.1) is 0 Å². The van der Waals surface area contributed by atoms with Crippen molar-refractivity contribution in [2.75, 3.05) is 0 Å². The van der Waals surface area contributed by atoms with Crippen LogP contribution < -0.4 is 11.2 Å². The van der Waals surface area contributed by atoms with Crippen LogP contribution in [0.15, 0.2) is 11.6 Å². The van der Waals surface area contributed by atoms with Crippen molar-refractivity contribution in [3.63, 3.8) is 0 Å². The maximum absolute atomic E-state index is 10.5. The van der Waals surface area contributed by atoms with Crippen LogP contribution in [0.2, 0.25) is 0 Å². The van der Waals surface area contributed by atoms with Crippen molar-refractivity contribution in [2.45, 2.75) is 60.0 Å². The molecule has 0 fully saturated rings. The molecule has 16 heavy (non-hydrogen) atoms. The minimum atomic E-state index is -0.461. The summed E-state index contributed by atoms with van der Waals surface area (Å²) in [4.78, 5) is 14.4. The Morgan fingerprint density at radius 2 is 1.75 bits per heavy atom. The van der Waals surface area contributed by atoms with E-state index in [4.69, 9.17) is 0 Å². The third-order valence-electron chi connectivity index (χ3n) is 1.61. The third-order valence-corrected chi connectivity index (χ3v) is 1.61. The molecule has 0 aromatic rings. The Balaban J connectivity index is 0. The number of carbonyl (C=O) groups is 1. The molecule has 0 heterocycles. The Bertz CT molecular complexity index is 205. The molecule has 0 aliphatic heterocycles. The van der Waals surface area contributed by atoms with E-state index in [1.54, 1.807) is 13.0 Å². The maximum atomic E-state index is 10.5. The van der Waals surface area contributed by atoms with Gasteiger partial charge in [0.2, 0.25) is 0 Å². The molecular weight excluding hydrogens is 204 g/mol. The van der Waals surface area contributed by atoms with Gasteiger partial charge in [0.25, 0.3) is 0 Å². The molecule has 0 bridgehead atoms. The number of carbonyl (C=O) groups excluding carboxylic acids is 1. The normalized spacial score (nSPS) is 11.2. The van der Waals surface area contributed by atoms with E-state index in [0.717, 1.165) is 6.42 Å². The second kappa shape index (κ2) is 10.6. The summed E-state index contributed by atoms with van der Waals surface area (Å²) in [6, 6.07) is 1.25. The van der Waals surface area contributed by atoms with Gasteiger partial charge in [-0.1, -0.05) is 40.7 Å². The van der Waals surface area contributed by atoms with Gasteiger partial charge < -0.3 is 10.2 Å². The Morgan fingerprint density at radius 1 is 1.31 bits per heavy atom. The van der Waals surface area contributed by atoms with E-state index in [2.05, 4.69) is 43.7 Å². The molecule has 0 aliphatic rings. The van der Waals surface area contributed by atoms with Gasteiger partial charge in [0, 0.05) is 17.7 Å². The maximum Gasteiger partial charge on any atom is 0.351 e. The van der Waals surface area contributed by atoms with Crippen LogP contribution in [0.3, 0.4) is 0 Å². The molecule has 96 valence electrons. The van der Waals surface area contributed by atoms with E-state index in [0.29, 0.717) is 17.7 Å². The standard InChI is InChI=1S/C6H11NO2.C6H15N/c1-3-4-5(2)6(8)9-7;1-5(2)7-6(3)4/h4H,3,7H2,1-2H3;5-7H,1-4H3. The largest absolute Gasteiger partial charge is 0.370 e. The van der Waals surface area contributed by atoms with Crippen LogP contribution in [-0.2, 0) is 9.63 Å². The molecule has 0 saturated heterocycles. The highest BCUT2D eigenvalue weighted by Gasteiger charge is 2.00. The first-order chi connectivity index (χ1) is 7.34. The number of hydrogen-bond acceptors (Lipinski definition) is 4. The molecule has 0 atom stereocenters. The second-order valence-corrected chi connectivity index (χ2v) is 4.18. The van der Waals surface area contributed by atoms with E-state index in [9.17, 15) is 4.79 Å². The highest BCUT2D eigenvalue weighted by Crippen LogP contribution is 1.95. The SMILES string of the molecule is CC(C)NC(C)C.CCC=C(C)C(=O)ON. The van der Waals surface area contributed by atoms with E-state index < -0.39 is 5.97 Å². The average molecular weight is 230 g/mol. The zero-order valence-corrected chi connectivity index (χ0v) is 11.3. The Hall–Kier alpha value is -0.870. The molecule has 4 nitrogen and oxygen atoms in total. The summed E-state index contributed by atoms with van der Waals surface area (Å²) in [5, 5.41) is 3.31. The summed E-state index contributed by atoms with van der Waals surface area (Å²) in [6.45, 7) is 12.2. The lowest BCUT2D eigenvalue weighted by Gasteiger charge is -2.10. The molecular formula is C12H26N2O2. The smallest absolute Gasteiger partial charge is 0.351 e. The van der Waals surface area contributed by atoms with Crippen molar-refractivity contribution in [1.82, 2.24) is 5.32 Å². The topological polar surface area (TPSA) is 64.3 Å². The Morgan fingerprint density at radius 3 is 1.94 bits per heavy atom. The molecule has 0 radical (unpaired) electrons. The van der Waals surface area contributed by atoms with Crippen molar-refractivity contribution < 1.29 is 9.63 Å². The van der Waals surface area contributed by atoms with Crippen molar-refractivity contribution in [3.05, 3.63) is 11.6 Å². The fourth-order valence-electron chi connectivity index (χ4n) is 1.15. The first kappa shape index (κ1) is 17.5. The van der Waals surface area contributed by atoms with Crippen molar-refractivity contribution in [1.29, 1.82) is 0 Å². The van der Waals surface area contributed by atoms with Gasteiger partial charge in [-0.05, 0) is 13.3 Å². The van der Waals surface area contributed by atoms with Crippen molar-refractivity contribution in [2.24, 2.45) is 5.90 Å². The van der Waals surface area contributed by atoms with E-state index >= 15 is 0 Å². The van der Waals surface area contributed by atoms with E-state index in [1.165, 1.54) is 0 Å². The van der Waals surface area contributed by atoms with Gasteiger partial charge in [-0.2, -0.15) is 5.90 Å². The molecule has 0 aromatic heterocycles. The van der Waals surface area contributed by atoms with Gasteiger partial charge >= 0.3 is 5.97 Å². The molecule has 0 amide bonds. The van der Waals surface area contributed by atoms with Crippen LogP contribution in [0.25, 0.3) is 0 Å². The molecule has 0 spiro atoms. The monoisotopic (exact) mass is 230 g/mol. The second-order valence-electron chi connectivity index (χ2n) is 4.18. The number of nitrogens with one attached hydrogen (secondary N) is 1. The number of allylic oxidation sites excluding steroid dienone is 1. The van der Waals surface area contributed by atoms with Crippen LogP contribution in [0.5, 0.6) is 0 Å². The third kappa shape index (κ3) is 13.1. The zero-order chi connectivity index (χ0) is 13.1. The summed E-state index contributed by atoms with van der Waals surface area (Å²) >= 11 is 0. The van der Waals surface area contributed by atoms with Crippen LogP contribution in [-0.4, -0.2) is 18.1 Å². The van der Waals surface area contributed by atoms with Crippen LogP contribution in [0.1, 0.15) is 48.0 Å². The minimum absolute atomic E-state index is 0.461. The number of hydrogen-bond donors (Lipinski definition) is 2. The van der Waals surface area contributed by atoms with Crippen molar-refractivity contribution in [3.8, 4) is 0 Å². The van der Waals surface area contributed by atoms with Gasteiger partial charge in [0.1, 0.15) is 0 Å². The molecule has 0 saturated carbocycles. The lowest BCUT2D eigenvalue weighted by Crippen LogP contribution is -2.29. The fourth-order valence-corrected chi connectivity index (χ4v) is 1.15. The van der Waals surface area contributed by atoms with E-state index in [-0.39, 0.29) is 0 Å². The van der Waals surface area contributed by atoms with Gasteiger partial charge in [-0.3, -0.25) is 0 Å². The van der Waals surface area contributed by atoms with Gasteiger partial charge in [0.05, 0.1) is 0 Å². The lowest BCUT2D eigenvalue weighted by atomic mass is 10.2. The highest BCUT2D eigenvalue weighted by atomic mass is 16.7. The summed E-state index contributed by atoms with van der Waals surface area (Å²) in [7, 11) is 0. The molecule has 3 N–H and O–H groups in total. The molecule has 0 aromatic carbocycles. The number of nitrogens with two attached hydrogens (primary N) is 1. The van der Waals surface area contributed by atoms with Crippen molar-refractivity contribution >= 4 is 5.97 Å². The average Bonchev–Trinajstić information content (AvgIpc) is 2.15.